The van der Waals surface area contributed by atoms with E-state index in [1.807, 2.05) is 26.0 Å². The van der Waals surface area contributed by atoms with Crippen molar-refractivity contribution in [1.29, 1.82) is 0 Å². The second-order valence-electron chi connectivity index (χ2n) is 8.83. The van der Waals surface area contributed by atoms with Crippen molar-refractivity contribution in [3.63, 3.8) is 0 Å². The maximum absolute atomic E-state index is 13.9. The van der Waals surface area contributed by atoms with Gasteiger partial charge in [-0.05, 0) is 62.1 Å². The highest BCUT2D eigenvalue weighted by Gasteiger charge is 2.33. The highest BCUT2D eigenvalue weighted by Crippen LogP contribution is 2.32. The SMILES string of the molecule is Cc1cc(-c2nc3cnc(Oc4ccccc4F)nc3o2)cc(C)c1OCC(=O)N1CCCC1C(O)O. The second kappa shape index (κ2) is 10.1. The third kappa shape index (κ3) is 5.09. The number of hydrogen-bond acceptors (Lipinski definition) is 9. The standard InChI is InChI=1S/C26H25FN4O6/c1-14-10-16(11-15(2)22(14)35-13-21(32)31-9-5-7-19(31)25(33)34)23-29-18-12-28-26(30-24(18)37-23)36-20-8-4-3-6-17(20)27/h3-4,6,8,10-12,19,25,33-34H,5,7,9,13H2,1-2H3. The molecule has 1 fully saturated rings. The average Bonchev–Trinajstić information content (AvgIpc) is 3.52. The van der Waals surface area contributed by atoms with Gasteiger partial charge in [-0.3, -0.25) is 4.79 Å². The van der Waals surface area contributed by atoms with Gasteiger partial charge >= 0.3 is 6.01 Å². The predicted molar refractivity (Wildman–Crippen MR) is 129 cm³/mol. The Morgan fingerprint density at radius 2 is 1.97 bits per heavy atom. The first kappa shape index (κ1) is 24.6. The molecule has 11 heteroatoms. The second-order valence-corrected chi connectivity index (χ2v) is 8.83. The number of oxazole rings is 1. The summed E-state index contributed by atoms with van der Waals surface area (Å²) in [4.78, 5) is 26.8. The minimum Gasteiger partial charge on any atom is -0.483 e. The Balaban J connectivity index is 1.32. The summed E-state index contributed by atoms with van der Waals surface area (Å²) in [7, 11) is 0. The fraction of sp³-hybridized carbons (Fsp3) is 0.308. The molecule has 2 aromatic heterocycles. The van der Waals surface area contributed by atoms with Crippen LogP contribution in [0.2, 0.25) is 0 Å². The van der Waals surface area contributed by atoms with E-state index in [0.717, 1.165) is 11.1 Å². The molecular formula is C26H25FN4O6. The van der Waals surface area contributed by atoms with Crippen LogP contribution in [0.25, 0.3) is 22.7 Å². The van der Waals surface area contributed by atoms with Gasteiger partial charge in [0.1, 0.15) is 11.3 Å². The molecule has 0 bridgehead atoms. The van der Waals surface area contributed by atoms with E-state index in [9.17, 15) is 19.4 Å². The van der Waals surface area contributed by atoms with Crippen LogP contribution in [0.4, 0.5) is 4.39 Å². The summed E-state index contributed by atoms with van der Waals surface area (Å²) in [5.41, 5.74) is 2.79. The lowest BCUT2D eigenvalue weighted by Crippen LogP contribution is -2.44. The fourth-order valence-corrected chi connectivity index (χ4v) is 4.45. The number of fused-ring (bicyclic) bond motifs is 1. The van der Waals surface area contributed by atoms with Crippen LogP contribution < -0.4 is 9.47 Å². The molecule has 0 aliphatic carbocycles. The molecule has 2 N–H and O–H groups in total. The van der Waals surface area contributed by atoms with Crippen LogP contribution in [0.5, 0.6) is 17.5 Å². The van der Waals surface area contributed by atoms with Gasteiger partial charge in [0.25, 0.3) is 11.6 Å². The Kier molecular flexibility index (Phi) is 6.72. The molecule has 5 rings (SSSR count). The number of para-hydroxylation sites is 1. The van der Waals surface area contributed by atoms with E-state index in [0.29, 0.717) is 42.1 Å². The quantitative estimate of drug-likeness (QED) is 0.360. The van der Waals surface area contributed by atoms with Crippen molar-refractivity contribution in [3.05, 3.63) is 59.5 Å². The molecule has 0 saturated carbocycles. The molecule has 1 amide bonds. The van der Waals surface area contributed by atoms with Crippen molar-refractivity contribution in [2.24, 2.45) is 0 Å². The zero-order chi connectivity index (χ0) is 26.1. The lowest BCUT2D eigenvalue weighted by atomic mass is 10.1. The summed E-state index contributed by atoms with van der Waals surface area (Å²) >= 11 is 0. The topological polar surface area (TPSA) is 131 Å². The number of aryl methyl sites for hydroxylation is 2. The molecule has 3 heterocycles. The number of halogens is 1. The monoisotopic (exact) mass is 508 g/mol. The molecule has 1 unspecified atom stereocenters. The number of rotatable bonds is 7. The van der Waals surface area contributed by atoms with E-state index >= 15 is 0 Å². The van der Waals surface area contributed by atoms with Gasteiger partial charge in [0.15, 0.2) is 24.5 Å². The first-order chi connectivity index (χ1) is 17.8. The number of aromatic nitrogens is 3. The number of carbonyl (C=O) groups is 1. The molecule has 192 valence electrons. The maximum atomic E-state index is 13.9. The van der Waals surface area contributed by atoms with Gasteiger partial charge in [-0.25, -0.2) is 14.4 Å². The predicted octanol–water partition coefficient (Wildman–Crippen LogP) is 3.51. The Morgan fingerprint density at radius 1 is 1.22 bits per heavy atom. The Hall–Kier alpha value is -4.09. The van der Waals surface area contributed by atoms with Crippen molar-refractivity contribution in [1.82, 2.24) is 19.9 Å². The number of nitrogens with zero attached hydrogens (tertiary/aromatic N) is 4. The van der Waals surface area contributed by atoms with Crippen LogP contribution in [0.15, 0.2) is 47.0 Å². The minimum absolute atomic E-state index is 0.00491. The molecule has 4 aromatic rings. The molecule has 0 spiro atoms. The molecule has 1 aliphatic rings. The van der Waals surface area contributed by atoms with Crippen LogP contribution >= 0.6 is 0 Å². The van der Waals surface area contributed by atoms with Gasteiger partial charge in [-0.15, -0.1) is 0 Å². The highest BCUT2D eigenvalue weighted by atomic mass is 19.1. The van der Waals surface area contributed by atoms with Gasteiger partial charge in [-0.1, -0.05) is 12.1 Å². The smallest absolute Gasteiger partial charge is 0.325 e. The number of ether oxygens (including phenoxy) is 2. The summed E-state index contributed by atoms with van der Waals surface area (Å²) in [6.07, 6.45) is 1.12. The lowest BCUT2D eigenvalue weighted by molar-refractivity contribution is -0.145. The third-order valence-corrected chi connectivity index (χ3v) is 6.18. The first-order valence-corrected chi connectivity index (χ1v) is 11.8. The van der Waals surface area contributed by atoms with Gasteiger partial charge in [-0.2, -0.15) is 4.98 Å². The van der Waals surface area contributed by atoms with E-state index in [-0.39, 0.29) is 30.0 Å². The number of aliphatic hydroxyl groups is 2. The Bertz CT molecular complexity index is 1430. The van der Waals surface area contributed by atoms with Crippen molar-refractivity contribution >= 4 is 17.1 Å². The molecule has 1 aliphatic heterocycles. The molecule has 1 saturated heterocycles. The minimum atomic E-state index is -1.57. The molecule has 10 nitrogen and oxygen atoms in total. The number of benzene rings is 2. The molecule has 2 aromatic carbocycles. The van der Waals surface area contributed by atoms with Gasteiger partial charge in [0.2, 0.25) is 5.89 Å². The number of aliphatic hydroxyl groups excluding tert-OH is 1. The van der Waals surface area contributed by atoms with Crippen molar-refractivity contribution in [3.8, 4) is 29.0 Å². The van der Waals surface area contributed by atoms with E-state index in [1.165, 1.54) is 23.2 Å². The van der Waals surface area contributed by atoms with E-state index in [4.69, 9.17) is 13.9 Å². The molecule has 37 heavy (non-hydrogen) atoms. The largest absolute Gasteiger partial charge is 0.483 e. The number of amides is 1. The van der Waals surface area contributed by atoms with E-state index < -0.39 is 18.1 Å². The summed E-state index contributed by atoms with van der Waals surface area (Å²) < 4.78 is 31.0. The lowest BCUT2D eigenvalue weighted by Gasteiger charge is -2.26. The van der Waals surface area contributed by atoms with Crippen LogP contribution in [0, 0.1) is 19.7 Å². The van der Waals surface area contributed by atoms with Crippen LogP contribution in [0.1, 0.15) is 24.0 Å². The van der Waals surface area contributed by atoms with Crippen LogP contribution in [0.3, 0.4) is 0 Å². The van der Waals surface area contributed by atoms with Gasteiger partial charge in [0, 0.05) is 12.1 Å². The van der Waals surface area contributed by atoms with Crippen LogP contribution in [-0.4, -0.2) is 61.5 Å². The van der Waals surface area contributed by atoms with E-state index in [2.05, 4.69) is 15.0 Å². The van der Waals surface area contributed by atoms with Crippen molar-refractivity contribution in [2.75, 3.05) is 13.2 Å². The Morgan fingerprint density at radius 3 is 2.70 bits per heavy atom. The molecule has 1 atom stereocenters. The normalized spacial score (nSPS) is 15.5. The number of likely N-dealkylation sites (tertiary alicyclic amines) is 1. The summed E-state index contributed by atoms with van der Waals surface area (Å²) in [5, 5.41) is 19.0. The molecular weight excluding hydrogens is 483 g/mol. The zero-order valence-corrected chi connectivity index (χ0v) is 20.2. The summed E-state index contributed by atoms with van der Waals surface area (Å²) in [6, 6.07) is 8.89. The first-order valence-electron chi connectivity index (χ1n) is 11.8. The number of carbonyl (C=O) groups excluding carboxylic acids is 1. The average molecular weight is 509 g/mol. The highest BCUT2D eigenvalue weighted by molar-refractivity contribution is 5.78. The number of hydrogen-bond donors (Lipinski definition) is 2. The van der Waals surface area contributed by atoms with Gasteiger partial charge < -0.3 is 29.0 Å². The van der Waals surface area contributed by atoms with Crippen molar-refractivity contribution < 1.29 is 33.3 Å². The molecule has 0 radical (unpaired) electrons. The third-order valence-electron chi connectivity index (χ3n) is 6.18. The van der Waals surface area contributed by atoms with E-state index in [1.54, 1.807) is 12.1 Å². The van der Waals surface area contributed by atoms with Crippen molar-refractivity contribution in [2.45, 2.75) is 39.0 Å². The summed E-state index contributed by atoms with van der Waals surface area (Å²) in [5.74, 6) is 0.0108. The maximum Gasteiger partial charge on any atom is 0.325 e. The van der Waals surface area contributed by atoms with Crippen LogP contribution in [-0.2, 0) is 4.79 Å². The zero-order valence-electron chi connectivity index (χ0n) is 20.2. The summed E-state index contributed by atoms with van der Waals surface area (Å²) in [6.45, 7) is 3.94. The van der Waals surface area contributed by atoms with Gasteiger partial charge in [0.05, 0.1) is 12.2 Å². The Labute approximate surface area is 211 Å². The fourth-order valence-electron chi connectivity index (χ4n) is 4.45.